The van der Waals surface area contributed by atoms with Crippen molar-refractivity contribution in [3.63, 3.8) is 0 Å². The van der Waals surface area contributed by atoms with Gasteiger partial charge in [0.15, 0.2) is 18.2 Å². The molecule has 0 atom stereocenters. The molecule has 6 rings (SSSR count). The lowest BCUT2D eigenvalue weighted by molar-refractivity contribution is 0.171. The molecule has 0 amide bonds. The van der Waals surface area contributed by atoms with Crippen molar-refractivity contribution in [2.24, 2.45) is 0 Å². The zero-order valence-electron chi connectivity index (χ0n) is 19.2. The van der Waals surface area contributed by atoms with E-state index in [1.54, 1.807) is 0 Å². The highest BCUT2D eigenvalue weighted by Gasteiger charge is 2.25. The number of ether oxygens (including phenoxy) is 3. The van der Waals surface area contributed by atoms with Crippen molar-refractivity contribution in [2.45, 2.75) is 26.8 Å². The molecule has 34 heavy (non-hydrogen) atoms. The van der Waals surface area contributed by atoms with E-state index in [0.717, 1.165) is 50.6 Å². The lowest BCUT2D eigenvalue weighted by Gasteiger charge is -2.32. The molecule has 3 aromatic carbocycles. The van der Waals surface area contributed by atoms with Gasteiger partial charge in [-0.25, -0.2) is 4.79 Å². The number of hydrogen-bond acceptors (Lipinski definition) is 6. The van der Waals surface area contributed by atoms with Crippen LogP contribution in [0.3, 0.4) is 0 Å². The number of hydrogen-bond donors (Lipinski definition) is 0. The highest BCUT2D eigenvalue weighted by atomic mass is 16.6. The van der Waals surface area contributed by atoms with Gasteiger partial charge in [0.2, 0.25) is 0 Å². The van der Waals surface area contributed by atoms with Crippen LogP contribution in [0, 0.1) is 13.8 Å². The van der Waals surface area contributed by atoms with Crippen LogP contribution in [0.4, 0.5) is 5.69 Å². The second-order valence-electron chi connectivity index (χ2n) is 8.82. The van der Waals surface area contributed by atoms with Gasteiger partial charge in [0.1, 0.15) is 24.5 Å². The monoisotopic (exact) mass is 455 g/mol. The number of anilines is 1. The summed E-state index contributed by atoms with van der Waals surface area (Å²) in [7, 11) is 0. The fourth-order valence-electron chi connectivity index (χ4n) is 4.84. The van der Waals surface area contributed by atoms with Gasteiger partial charge in [0, 0.05) is 46.8 Å². The van der Waals surface area contributed by atoms with Gasteiger partial charge in [-0.05, 0) is 43.2 Å². The maximum Gasteiger partial charge on any atom is 0.340 e. The molecule has 0 spiro atoms. The average molecular weight is 456 g/mol. The van der Waals surface area contributed by atoms with E-state index >= 15 is 0 Å². The van der Waals surface area contributed by atoms with Gasteiger partial charge in [-0.15, -0.1) is 0 Å². The topological polar surface area (TPSA) is 61.1 Å². The number of aryl methyl sites for hydroxylation is 2. The minimum absolute atomic E-state index is 0.286. The molecule has 4 aromatic rings. The second-order valence-corrected chi connectivity index (χ2v) is 8.82. The molecule has 0 N–H and O–H groups in total. The van der Waals surface area contributed by atoms with Crippen LogP contribution < -0.4 is 24.7 Å². The molecular formula is C28H25NO5. The lowest BCUT2D eigenvalue weighted by Crippen LogP contribution is -2.32. The summed E-state index contributed by atoms with van der Waals surface area (Å²) in [6, 6.07) is 18.1. The van der Waals surface area contributed by atoms with Gasteiger partial charge in [-0.2, -0.15) is 0 Å². The van der Waals surface area contributed by atoms with Gasteiger partial charge in [0.25, 0.3) is 0 Å². The average Bonchev–Trinajstić information content (AvgIpc) is 2.87. The van der Waals surface area contributed by atoms with Gasteiger partial charge < -0.3 is 23.5 Å². The maximum atomic E-state index is 12.9. The van der Waals surface area contributed by atoms with E-state index in [-0.39, 0.29) is 5.63 Å². The van der Waals surface area contributed by atoms with E-state index < -0.39 is 0 Å². The summed E-state index contributed by atoms with van der Waals surface area (Å²) >= 11 is 0. The molecule has 0 unspecified atom stereocenters. The molecular weight excluding hydrogens is 430 g/mol. The van der Waals surface area contributed by atoms with Crippen LogP contribution in [0.25, 0.3) is 11.0 Å². The molecule has 6 heteroatoms. The highest BCUT2D eigenvalue weighted by Crippen LogP contribution is 2.39. The Hall–Kier alpha value is -3.93. The lowest BCUT2D eigenvalue weighted by atomic mass is 9.96. The normalized spacial score (nSPS) is 14.6. The molecule has 2 aliphatic heterocycles. The summed E-state index contributed by atoms with van der Waals surface area (Å²) in [4.78, 5) is 15.1. The Labute approximate surface area is 197 Å². The highest BCUT2D eigenvalue weighted by molar-refractivity contribution is 5.87. The van der Waals surface area contributed by atoms with Crippen LogP contribution in [0.15, 0.2) is 63.8 Å². The van der Waals surface area contributed by atoms with E-state index in [9.17, 15) is 4.79 Å². The van der Waals surface area contributed by atoms with E-state index in [0.29, 0.717) is 44.1 Å². The minimum atomic E-state index is -0.286. The Kier molecular flexibility index (Phi) is 4.94. The maximum absolute atomic E-state index is 12.9. The molecule has 0 radical (unpaired) electrons. The molecule has 0 fully saturated rings. The van der Waals surface area contributed by atoms with Crippen LogP contribution in [-0.4, -0.2) is 19.9 Å². The number of rotatable bonds is 3. The quantitative estimate of drug-likeness (QED) is 0.399. The molecule has 0 saturated heterocycles. The first-order chi connectivity index (χ1) is 16.6. The number of nitrogens with zero attached hydrogens (tertiary/aromatic N) is 1. The molecule has 0 aliphatic carbocycles. The Balaban J connectivity index is 1.39. The summed E-state index contributed by atoms with van der Waals surface area (Å²) in [6.45, 7) is 6.16. The van der Waals surface area contributed by atoms with E-state index in [1.165, 1.54) is 0 Å². The van der Waals surface area contributed by atoms with Crippen molar-refractivity contribution in [3.8, 4) is 17.2 Å². The van der Waals surface area contributed by atoms with E-state index in [1.807, 2.05) is 62.4 Å². The van der Waals surface area contributed by atoms with Gasteiger partial charge in [0.05, 0.1) is 0 Å². The number of benzene rings is 3. The smallest absolute Gasteiger partial charge is 0.340 e. The SMILES string of the molecule is Cc1c(Cc2ccccc2)c(=O)oc2c(C)c3c(cc12)CN(c1ccc2c(c1)OCCO2)CO3. The summed E-state index contributed by atoms with van der Waals surface area (Å²) in [5, 5.41) is 0.953. The Morgan fingerprint density at radius 1 is 0.882 bits per heavy atom. The Morgan fingerprint density at radius 3 is 2.50 bits per heavy atom. The van der Waals surface area contributed by atoms with Crippen molar-refractivity contribution >= 4 is 16.7 Å². The summed E-state index contributed by atoms with van der Waals surface area (Å²) in [6.07, 6.45) is 0.543. The largest absolute Gasteiger partial charge is 0.486 e. The molecule has 0 bridgehead atoms. The minimum Gasteiger partial charge on any atom is -0.486 e. The molecule has 1 aromatic heterocycles. The Bertz CT molecular complexity index is 1460. The fraction of sp³-hybridized carbons (Fsp3) is 0.250. The van der Waals surface area contributed by atoms with Crippen molar-refractivity contribution in [3.05, 3.63) is 92.8 Å². The summed E-state index contributed by atoms with van der Waals surface area (Å²) in [5.74, 6) is 2.32. The third kappa shape index (κ3) is 3.46. The second kappa shape index (κ2) is 8.13. The van der Waals surface area contributed by atoms with Crippen LogP contribution in [-0.2, 0) is 13.0 Å². The van der Waals surface area contributed by atoms with Crippen LogP contribution >= 0.6 is 0 Å². The van der Waals surface area contributed by atoms with Gasteiger partial charge in [-0.1, -0.05) is 30.3 Å². The first-order valence-electron chi connectivity index (χ1n) is 11.5. The molecule has 6 nitrogen and oxygen atoms in total. The Morgan fingerprint density at radius 2 is 1.68 bits per heavy atom. The standard InChI is InChI=1S/C28H25NO5/c1-17-22-13-20-15-29(21-8-9-24-25(14-21)32-11-10-31-24)16-33-26(20)18(2)27(22)34-28(30)23(17)12-19-6-4-3-5-7-19/h3-9,13-14H,10-12,15-16H2,1-2H3. The first-order valence-corrected chi connectivity index (χ1v) is 11.5. The van der Waals surface area contributed by atoms with Crippen molar-refractivity contribution < 1.29 is 18.6 Å². The summed E-state index contributed by atoms with van der Waals surface area (Å²) in [5.41, 5.74) is 5.98. The predicted octanol–water partition coefficient (Wildman–Crippen LogP) is 5.13. The molecule has 2 aliphatic rings. The van der Waals surface area contributed by atoms with Gasteiger partial charge >= 0.3 is 5.63 Å². The zero-order chi connectivity index (χ0) is 23.2. The van der Waals surface area contributed by atoms with E-state index in [2.05, 4.69) is 11.0 Å². The third-order valence-electron chi connectivity index (χ3n) is 6.67. The molecule has 0 saturated carbocycles. The van der Waals surface area contributed by atoms with Crippen LogP contribution in [0.1, 0.15) is 27.8 Å². The van der Waals surface area contributed by atoms with Crippen molar-refractivity contribution in [1.82, 2.24) is 0 Å². The zero-order valence-corrected chi connectivity index (χ0v) is 19.2. The van der Waals surface area contributed by atoms with Crippen LogP contribution in [0.5, 0.6) is 17.2 Å². The third-order valence-corrected chi connectivity index (χ3v) is 6.67. The van der Waals surface area contributed by atoms with Crippen LogP contribution in [0.2, 0.25) is 0 Å². The van der Waals surface area contributed by atoms with E-state index in [4.69, 9.17) is 18.6 Å². The molecule has 172 valence electrons. The van der Waals surface area contributed by atoms with Crippen molar-refractivity contribution in [2.75, 3.05) is 24.8 Å². The number of fused-ring (bicyclic) bond motifs is 3. The predicted molar refractivity (Wildman–Crippen MR) is 130 cm³/mol. The van der Waals surface area contributed by atoms with Crippen molar-refractivity contribution in [1.29, 1.82) is 0 Å². The fourth-order valence-corrected chi connectivity index (χ4v) is 4.84. The summed E-state index contributed by atoms with van der Waals surface area (Å²) < 4.78 is 23.4. The molecule has 3 heterocycles. The van der Waals surface area contributed by atoms with Gasteiger partial charge in [-0.3, -0.25) is 0 Å². The first kappa shape index (κ1) is 20.7.